The maximum Gasteiger partial charge on any atom is 0.169 e. The third-order valence-electron chi connectivity index (χ3n) is 2.49. The summed E-state index contributed by atoms with van der Waals surface area (Å²) < 4.78 is 7.35. The van der Waals surface area contributed by atoms with Gasteiger partial charge in [-0.15, -0.1) is 0 Å². The fourth-order valence-electron chi connectivity index (χ4n) is 1.73. The van der Waals surface area contributed by atoms with E-state index in [1.165, 1.54) is 0 Å². The van der Waals surface area contributed by atoms with Crippen LogP contribution in [0, 0.1) is 6.92 Å². The van der Waals surface area contributed by atoms with Crippen LogP contribution in [0.2, 0.25) is 0 Å². The van der Waals surface area contributed by atoms with Crippen LogP contribution in [0.3, 0.4) is 0 Å². The van der Waals surface area contributed by atoms with E-state index in [9.17, 15) is 5.11 Å². The van der Waals surface area contributed by atoms with Crippen molar-refractivity contribution in [2.75, 3.05) is 0 Å². The number of aliphatic hydroxyl groups is 1. The van der Waals surface area contributed by atoms with Crippen molar-refractivity contribution in [1.29, 1.82) is 0 Å². The van der Waals surface area contributed by atoms with Crippen molar-refractivity contribution in [3.05, 3.63) is 41.9 Å². The first kappa shape index (κ1) is 11.0. The number of hydrogen-bond acceptors (Lipinski definition) is 3. The zero-order valence-electron chi connectivity index (χ0n) is 9.55. The molecule has 0 aliphatic heterocycles. The Balaban J connectivity index is 2.26. The molecule has 1 atom stereocenters. The second kappa shape index (κ2) is 4.53. The lowest BCUT2D eigenvalue weighted by molar-refractivity contribution is 0.173. The maximum absolute atomic E-state index is 10.1. The molecular formula is C12H16N2O2. The van der Waals surface area contributed by atoms with Gasteiger partial charge >= 0.3 is 0 Å². The van der Waals surface area contributed by atoms with E-state index in [0.29, 0.717) is 11.6 Å². The van der Waals surface area contributed by atoms with Crippen LogP contribution in [0.4, 0.5) is 0 Å². The molecule has 4 heteroatoms. The van der Waals surface area contributed by atoms with Gasteiger partial charge in [0, 0.05) is 18.9 Å². The molecule has 86 valence electrons. The summed E-state index contributed by atoms with van der Waals surface area (Å²) in [7, 11) is 0. The van der Waals surface area contributed by atoms with E-state index in [-0.39, 0.29) is 0 Å². The van der Waals surface area contributed by atoms with Crippen LogP contribution in [-0.2, 0) is 6.54 Å². The van der Waals surface area contributed by atoms with Crippen LogP contribution < -0.4 is 0 Å². The first-order chi connectivity index (χ1) is 7.72. The number of aryl methyl sites for hydroxylation is 2. The summed E-state index contributed by atoms with van der Waals surface area (Å²) >= 11 is 0. The fourth-order valence-corrected chi connectivity index (χ4v) is 1.73. The minimum atomic E-state index is -0.782. The van der Waals surface area contributed by atoms with Crippen molar-refractivity contribution in [2.45, 2.75) is 32.9 Å². The number of hydrogen-bond donors (Lipinski definition) is 1. The molecule has 0 radical (unpaired) electrons. The van der Waals surface area contributed by atoms with E-state index in [1.807, 2.05) is 23.8 Å². The number of aromatic nitrogens is 2. The summed E-state index contributed by atoms with van der Waals surface area (Å²) in [6.07, 6.45) is 3.80. The van der Waals surface area contributed by atoms with Gasteiger partial charge in [0.1, 0.15) is 17.3 Å². The third kappa shape index (κ3) is 2.02. The largest absolute Gasteiger partial charge is 0.463 e. The standard InChI is InChI=1S/C12H16N2O2/c1-3-7-14-8-6-13-12(14)11(15)10-5-4-9(2)16-10/h4-6,8,11,15H,3,7H2,1-2H3. The minimum absolute atomic E-state index is 0.543. The molecule has 0 aliphatic rings. The number of imidazole rings is 1. The second-order valence-electron chi connectivity index (χ2n) is 3.83. The van der Waals surface area contributed by atoms with Crippen LogP contribution in [-0.4, -0.2) is 14.7 Å². The fraction of sp³-hybridized carbons (Fsp3) is 0.417. The molecule has 0 saturated carbocycles. The third-order valence-corrected chi connectivity index (χ3v) is 2.49. The Hall–Kier alpha value is -1.55. The van der Waals surface area contributed by atoms with E-state index in [0.717, 1.165) is 18.7 Å². The summed E-state index contributed by atoms with van der Waals surface area (Å²) in [5.41, 5.74) is 0. The Kier molecular flexibility index (Phi) is 3.10. The molecule has 0 aromatic carbocycles. The molecule has 2 aromatic rings. The van der Waals surface area contributed by atoms with Gasteiger partial charge in [0.25, 0.3) is 0 Å². The predicted molar refractivity (Wildman–Crippen MR) is 60.0 cm³/mol. The highest BCUT2D eigenvalue weighted by molar-refractivity contribution is 5.15. The lowest BCUT2D eigenvalue weighted by Crippen LogP contribution is -2.09. The van der Waals surface area contributed by atoms with Crippen LogP contribution >= 0.6 is 0 Å². The van der Waals surface area contributed by atoms with Gasteiger partial charge in [0.05, 0.1) is 0 Å². The quantitative estimate of drug-likeness (QED) is 0.860. The molecule has 2 rings (SSSR count). The van der Waals surface area contributed by atoms with E-state index < -0.39 is 6.10 Å². The molecule has 0 spiro atoms. The smallest absolute Gasteiger partial charge is 0.169 e. The van der Waals surface area contributed by atoms with Crippen molar-refractivity contribution in [3.63, 3.8) is 0 Å². The van der Waals surface area contributed by atoms with Crippen molar-refractivity contribution in [2.24, 2.45) is 0 Å². The molecule has 4 nitrogen and oxygen atoms in total. The lowest BCUT2D eigenvalue weighted by atomic mass is 10.2. The Morgan fingerprint density at radius 3 is 2.94 bits per heavy atom. The summed E-state index contributed by atoms with van der Waals surface area (Å²) in [6, 6.07) is 3.62. The van der Waals surface area contributed by atoms with Gasteiger partial charge in [-0.1, -0.05) is 6.92 Å². The van der Waals surface area contributed by atoms with E-state index in [2.05, 4.69) is 11.9 Å². The van der Waals surface area contributed by atoms with Gasteiger partial charge < -0.3 is 14.1 Å². The predicted octanol–water partition coefficient (Wildman–Crippen LogP) is 2.28. The molecule has 0 saturated heterocycles. The molecule has 2 heterocycles. The second-order valence-corrected chi connectivity index (χ2v) is 3.83. The zero-order valence-corrected chi connectivity index (χ0v) is 9.55. The van der Waals surface area contributed by atoms with Crippen molar-refractivity contribution in [3.8, 4) is 0 Å². The molecule has 16 heavy (non-hydrogen) atoms. The highest BCUT2D eigenvalue weighted by Gasteiger charge is 2.18. The van der Waals surface area contributed by atoms with Gasteiger partial charge in [-0.2, -0.15) is 0 Å². The Bertz CT molecular complexity index is 459. The van der Waals surface area contributed by atoms with Gasteiger partial charge in [-0.3, -0.25) is 0 Å². The highest BCUT2D eigenvalue weighted by atomic mass is 16.4. The van der Waals surface area contributed by atoms with E-state index in [1.54, 1.807) is 12.3 Å². The van der Waals surface area contributed by atoms with Crippen LogP contribution in [0.5, 0.6) is 0 Å². The minimum Gasteiger partial charge on any atom is -0.463 e. The van der Waals surface area contributed by atoms with Crippen LogP contribution in [0.15, 0.2) is 28.9 Å². The highest BCUT2D eigenvalue weighted by Crippen LogP contribution is 2.22. The molecule has 1 unspecified atom stereocenters. The molecule has 0 bridgehead atoms. The Labute approximate surface area is 94.5 Å². The van der Waals surface area contributed by atoms with Gasteiger partial charge in [0.15, 0.2) is 6.10 Å². The average molecular weight is 220 g/mol. The molecular weight excluding hydrogens is 204 g/mol. The Morgan fingerprint density at radius 2 is 2.31 bits per heavy atom. The Morgan fingerprint density at radius 1 is 1.50 bits per heavy atom. The van der Waals surface area contributed by atoms with Crippen LogP contribution in [0.1, 0.15) is 36.8 Å². The van der Waals surface area contributed by atoms with Crippen molar-refractivity contribution < 1.29 is 9.52 Å². The first-order valence-electron chi connectivity index (χ1n) is 5.47. The molecule has 1 N–H and O–H groups in total. The SMILES string of the molecule is CCCn1ccnc1C(O)c1ccc(C)o1. The van der Waals surface area contributed by atoms with Crippen LogP contribution in [0.25, 0.3) is 0 Å². The number of nitrogens with zero attached hydrogens (tertiary/aromatic N) is 2. The topological polar surface area (TPSA) is 51.2 Å². The lowest BCUT2D eigenvalue weighted by Gasteiger charge is -2.10. The summed E-state index contributed by atoms with van der Waals surface area (Å²) in [5, 5.41) is 10.1. The first-order valence-corrected chi connectivity index (χ1v) is 5.47. The summed E-state index contributed by atoms with van der Waals surface area (Å²) in [6.45, 7) is 4.80. The van der Waals surface area contributed by atoms with Gasteiger partial charge in [-0.25, -0.2) is 4.98 Å². The van der Waals surface area contributed by atoms with Crippen molar-refractivity contribution in [1.82, 2.24) is 9.55 Å². The van der Waals surface area contributed by atoms with E-state index in [4.69, 9.17) is 4.42 Å². The van der Waals surface area contributed by atoms with Gasteiger partial charge in [-0.05, 0) is 25.5 Å². The summed E-state index contributed by atoms with van der Waals surface area (Å²) in [4.78, 5) is 4.17. The molecule has 0 fully saturated rings. The van der Waals surface area contributed by atoms with E-state index >= 15 is 0 Å². The average Bonchev–Trinajstić information content (AvgIpc) is 2.87. The van der Waals surface area contributed by atoms with Gasteiger partial charge in [0.2, 0.25) is 0 Å². The number of rotatable bonds is 4. The van der Waals surface area contributed by atoms with Crippen molar-refractivity contribution >= 4 is 0 Å². The molecule has 0 aliphatic carbocycles. The summed E-state index contributed by atoms with van der Waals surface area (Å²) in [5.74, 6) is 1.97. The molecule has 0 amide bonds. The maximum atomic E-state index is 10.1. The zero-order chi connectivity index (χ0) is 11.5. The normalized spacial score (nSPS) is 12.9. The monoisotopic (exact) mass is 220 g/mol. The number of furan rings is 1. The molecule has 2 aromatic heterocycles. The number of aliphatic hydroxyl groups excluding tert-OH is 1.